The molecule has 0 aliphatic heterocycles. The first-order valence-electron chi connectivity index (χ1n) is 6.37. The predicted molar refractivity (Wildman–Crippen MR) is 78.9 cm³/mol. The van der Waals surface area contributed by atoms with Crippen LogP contribution in [0.3, 0.4) is 0 Å². The van der Waals surface area contributed by atoms with Crippen LogP contribution in [0.2, 0.25) is 10.0 Å². The molecular formula is C14H21Cl2NO. The Morgan fingerprint density at radius 2 is 1.78 bits per heavy atom. The van der Waals surface area contributed by atoms with E-state index in [1.54, 1.807) is 18.2 Å². The van der Waals surface area contributed by atoms with Crippen LogP contribution in [-0.2, 0) is 0 Å². The standard InChI is InChI=1S/C14H21Cl2NO/c1-11(2)10-17-5-3-4-6-18-14-8-12(15)7-13(16)9-14/h7-9,11,17H,3-6,10H2,1-2H3. The summed E-state index contributed by atoms with van der Waals surface area (Å²) in [5, 5.41) is 4.62. The molecule has 0 aromatic heterocycles. The Morgan fingerprint density at radius 1 is 1.11 bits per heavy atom. The second-order valence-electron chi connectivity index (χ2n) is 4.76. The number of hydrogen-bond acceptors (Lipinski definition) is 2. The highest BCUT2D eigenvalue weighted by Crippen LogP contribution is 2.24. The molecule has 102 valence electrons. The van der Waals surface area contributed by atoms with Gasteiger partial charge in [-0.15, -0.1) is 0 Å². The number of unbranched alkanes of at least 4 members (excludes halogenated alkanes) is 1. The summed E-state index contributed by atoms with van der Waals surface area (Å²) in [4.78, 5) is 0. The molecule has 0 saturated carbocycles. The molecule has 1 aromatic rings. The number of hydrogen-bond donors (Lipinski definition) is 1. The normalized spacial score (nSPS) is 10.9. The first-order chi connectivity index (χ1) is 8.58. The Kier molecular flexibility index (Phi) is 7.48. The third-order valence-electron chi connectivity index (χ3n) is 2.41. The zero-order valence-electron chi connectivity index (χ0n) is 11.0. The van der Waals surface area contributed by atoms with Gasteiger partial charge in [-0.1, -0.05) is 37.0 Å². The van der Waals surface area contributed by atoms with Crippen molar-refractivity contribution < 1.29 is 4.74 Å². The van der Waals surface area contributed by atoms with Crippen molar-refractivity contribution in [1.29, 1.82) is 0 Å². The smallest absolute Gasteiger partial charge is 0.122 e. The van der Waals surface area contributed by atoms with Gasteiger partial charge in [0.2, 0.25) is 0 Å². The van der Waals surface area contributed by atoms with E-state index in [0.717, 1.165) is 31.7 Å². The molecule has 2 nitrogen and oxygen atoms in total. The van der Waals surface area contributed by atoms with Crippen LogP contribution < -0.4 is 10.1 Å². The van der Waals surface area contributed by atoms with Gasteiger partial charge in [-0.3, -0.25) is 0 Å². The summed E-state index contributed by atoms with van der Waals surface area (Å²) in [6.45, 7) is 7.22. The van der Waals surface area contributed by atoms with Gasteiger partial charge in [-0.05, 0) is 50.0 Å². The highest BCUT2D eigenvalue weighted by atomic mass is 35.5. The van der Waals surface area contributed by atoms with E-state index in [1.165, 1.54) is 0 Å². The van der Waals surface area contributed by atoms with Gasteiger partial charge >= 0.3 is 0 Å². The van der Waals surface area contributed by atoms with Gasteiger partial charge in [-0.2, -0.15) is 0 Å². The summed E-state index contributed by atoms with van der Waals surface area (Å²) < 4.78 is 5.60. The van der Waals surface area contributed by atoms with Crippen molar-refractivity contribution in [1.82, 2.24) is 5.32 Å². The van der Waals surface area contributed by atoms with Crippen LogP contribution in [0.1, 0.15) is 26.7 Å². The van der Waals surface area contributed by atoms with E-state index in [1.807, 2.05) is 0 Å². The SMILES string of the molecule is CC(C)CNCCCCOc1cc(Cl)cc(Cl)c1. The van der Waals surface area contributed by atoms with Crippen molar-refractivity contribution >= 4 is 23.2 Å². The van der Waals surface area contributed by atoms with E-state index < -0.39 is 0 Å². The van der Waals surface area contributed by atoms with Crippen molar-refractivity contribution in [3.05, 3.63) is 28.2 Å². The van der Waals surface area contributed by atoms with Crippen LogP contribution in [0.15, 0.2) is 18.2 Å². The van der Waals surface area contributed by atoms with E-state index >= 15 is 0 Å². The molecule has 1 rings (SSSR count). The Balaban J connectivity index is 2.10. The number of ether oxygens (including phenoxy) is 1. The lowest BCUT2D eigenvalue weighted by Gasteiger charge is -2.09. The topological polar surface area (TPSA) is 21.3 Å². The highest BCUT2D eigenvalue weighted by Gasteiger charge is 1.99. The summed E-state index contributed by atoms with van der Waals surface area (Å²) >= 11 is 11.8. The molecule has 0 unspecified atom stereocenters. The zero-order chi connectivity index (χ0) is 13.4. The maximum Gasteiger partial charge on any atom is 0.122 e. The van der Waals surface area contributed by atoms with Crippen LogP contribution >= 0.6 is 23.2 Å². The second kappa shape index (κ2) is 8.63. The fraction of sp³-hybridized carbons (Fsp3) is 0.571. The van der Waals surface area contributed by atoms with Gasteiger partial charge in [0.05, 0.1) is 6.61 Å². The lowest BCUT2D eigenvalue weighted by Crippen LogP contribution is -2.21. The minimum Gasteiger partial charge on any atom is -0.493 e. The zero-order valence-corrected chi connectivity index (χ0v) is 12.5. The number of benzene rings is 1. The third kappa shape index (κ3) is 7.10. The second-order valence-corrected chi connectivity index (χ2v) is 5.63. The Bertz CT molecular complexity index is 335. The van der Waals surface area contributed by atoms with Crippen LogP contribution in [-0.4, -0.2) is 19.7 Å². The molecule has 0 aliphatic carbocycles. The minimum absolute atomic E-state index is 0.608. The van der Waals surface area contributed by atoms with E-state index in [9.17, 15) is 0 Å². The number of nitrogens with one attached hydrogen (secondary N) is 1. The van der Waals surface area contributed by atoms with E-state index in [0.29, 0.717) is 22.6 Å². The fourth-order valence-electron chi connectivity index (χ4n) is 1.54. The number of halogens is 2. The molecule has 4 heteroatoms. The molecule has 0 spiro atoms. The Labute approximate surface area is 120 Å². The van der Waals surface area contributed by atoms with Crippen LogP contribution in [0, 0.1) is 5.92 Å². The van der Waals surface area contributed by atoms with Gasteiger partial charge in [0, 0.05) is 10.0 Å². The lowest BCUT2D eigenvalue weighted by atomic mass is 10.2. The van der Waals surface area contributed by atoms with Crippen molar-refractivity contribution in [2.75, 3.05) is 19.7 Å². The van der Waals surface area contributed by atoms with E-state index in [4.69, 9.17) is 27.9 Å². The van der Waals surface area contributed by atoms with Crippen molar-refractivity contribution in [3.63, 3.8) is 0 Å². The molecule has 1 aromatic carbocycles. The van der Waals surface area contributed by atoms with Crippen LogP contribution in [0.5, 0.6) is 5.75 Å². The summed E-state index contributed by atoms with van der Waals surface area (Å²) in [5.74, 6) is 1.44. The first-order valence-corrected chi connectivity index (χ1v) is 7.13. The quantitative estimate of drug-likeness (QED) is 0.717. The van der Waals surface area contributed by atoms with Gasteiger partial charge < -0.3 is 10.1 Å². The first kappa shape index (κ1) is 15.6. The summed E-state index contributed by atoms with van der Waals surface area (Å²) in [7, 11) is 0. The molecule has 0 atom stereocenters. The van der Waals surface area contributed by atoms with Gasteiger partial charge in [-0.25, -0.2) is 0 Å². The Morgan fingerprint density at radius 3 is 2.39 bits per heavy atom. The van der Waals surface area contributed by atoms with Crippen molar-refractivity contribution in [2.24, 2.45) is 5.92 Å². The highest BCUT2D eigenvalue weighted by molar-refractivity contribution is 6.34. The average Bonchev–Trinajstić information content (AvgIpc) is 2.26. The lowest BCUT2D eigenvalue weighted by molar-refractivity contribution is 0.305. The summed E-state index contributed by atoms with van der Waals surface area (Å²) in [6, 6.07) is 5.26. The van der Waals surface area contributed by atoms with E-state index in [2.05, 4.69) is 19.2 Å². The molecule has 0 heterocycles. The number of rotatable bonds is 8. The van der Waals surface area contributed by atoms with Crippen molar-refractivity contribution in [2.45, 2.75) is 26.7 Å². The maximum atomic E-state index is 5.89. The molecule has 0 fully saturated rings. The molecule has 0 amide bonds. The predicted octanol–water partition coefficient (Wildman–Crippen LogP) is 4.40. The van der Waals surface area contributed by atoms with E-state index in [-0.39, 0.29) is 0 Å². The molecule has 0 radical (unpaired) electrons. The molecular weight excluding hydrogens is 269 g/mol. The summed E-state index contributed by atoms with van der Waals surface area (Å²) in [5.41, 5.74) is 0. The van der Waals surface area contributed by atoms with Crippen LogP contribution in [0.25, 0.3) is 0 Å². The average molecular weight is 290 g/mol. The Hall–Kier alpha value is -0.440. The monoisotopic (exact) mass is 289 g/mol. The van der Waals surface area contributed by atoms with Gasteiger partial charge in [0.15, 0.2) is 0 Å². The fourth-order valence-corrected chi connectivity index (χ4v) is 2.05. The molecule has 18 heavy (non-hydrogen) atoms. The van der Waals surface area contributed by atoms with Gasteiger partial charge in [0.25, 0.3) is 0 Å². The molecule has 1 N–H and O–H groups in total. The maximum absolute atomic E-state index is 5.89. The molecule has 0 aliphatic rings. The van der Waals surface area contributed by atoms with Crippen molar-refractivity contribution in [3.8, 4) is 5.75 Å². The third-order valence-corrected chi connectivity index (χ3v) is 2.84. The minimum atomic E-state index is 0.608. The largest absolute Gasteiger partial charge is 0.493 e. The van der Waals surface area contributed by atoms with Gasteiger partial charge in [0.1, 0.15) is 5.75 Å². The molecule has 0 bridgehead atoms. The summed E-state index contributed by atoms with van der Waals surface area (Å²) in [6.07, 6.45) is 2.14. The van der Waals surface area contributed by atoms with Crippen LogP contribution in [0.4, 0.5) is 0 Å². The molecule has 0 saturated heterocycles.